The third-order valence-electron chi connectivity index (χ3n) is 12.4. The van der Waals surface area contributed by atoms with Gasteiger partial charge in [0.05, 0.1) is 13.0 Å². The number of benzene rings is 2. The fraction of sp³-hybridized carbons (Fsp3) is 0.712. The minimum absolute atomic E-state index is 0.0359. The summed E-state index contributed by atoms with van der Waals surface area (Å²) in [5.74, 6) is -1.80. The molecule has 0 bridgehead atoms. The van der Waals surface area contributed by atoms with E-state index < -0.39 is 71.6 Å². The van der Waals surface area contributed by atoms with E-state index in [0.717, 1.165) is 116 Å². The lowest BCUT2D eigenvalue weighted by Gasteiger charge is -2.43. The molecule has 374 valence electrons. The molecule has 1 aliphatic heterocycles. The number of unbranched alkanes of at least 4 members (excludes halogenated alkanes) is 20. The third kappa shape index (κ3) is 26.2. The maximum Gasteiger partial charge on any atom is 0.397 e. The molecule has 14 heteroatoms. The van der Waals surface area contributed by atoms with Crippen molar-refractivity contribution in [2.45, 2.75) is 230 Å². The van der Waals surface area contributed by atoms with Crippen molar-refractivity contribution < 1.29 is 56.0 Å². The summed E-state index contributed by atoms with van der Waals surface area (Å²) < 4.78 is 57.6. The van der Waals surface area contributed by atoms with Gasteiger partial charge in [0, 0.05) is 12.8 Å². The second-order valence-electron chi connectivity index (χ2n) is 18.1. The molecule has 0 spiro atoms. The lowest BCUT2D eigenvalue weighted by Crippen LogP contribution is -2.66. The number of carbonyl (C=O) groups excluding carboxylic acids is 3. The number of hydrogen-bond donors (Lipinski definition) is 4. The van der Waals surface area contributed by atoms with Crippen molar-refractivity contribution in [2.24, 2.45) is 0 Å². The quantitative estimate of drug-likeness (QED) is 0.0282. The van der Waals surface area contributed by atoms with Crippen LogP contribution in [0.2, 0.25) is 0 Å². The number of amides is 1. The van der Waals surface area contributed by atoms with Crippen LogP contribution >= 0.6 is 0 Å². The first-order valence-electron chi connectivity index (χ1n) is 25.7. The number of hydrogen-bond acceptors (Lipinski definition) is 12. The highest BCUT2D eigenvalue weighted by Gasteiger charge is 2.50. The zero-order valence-corrected chi connectivity index (χ0v) is 40.7. The average Bonchev–Trinajstić information content (AvgIpc) is 3.32. The Kier molecular flexibility index (Phi) is 29.1. The maximum absolute atomic E-state index is 13.8. The summed E-state index contributed by atoms with van der Waals surface area (Å²) in [6.07, 6.45) is 18.2. The molecular weight excluding hydrogens is 863 g/mol. The van der Waals surface area contributed by atoms with Crippen molar-refractivity contribution in [3.05, 3.63) is 71.8 Å². The molecule has 0 aliphatic carbocycles. The molecule has 0 saturated carbocycles. The minimum Gasteiger partial charge on any atom is -0.462 e. The summed E-state index contributed by atoms with van der Waals surface area (Å²) >= 11 is 0. The normalized spacial score (nSPS) is 19.2. The van der Waals surface area contributed by atoms with Crippen LogP contribution in [-0.2, 0) is 56.0 Å². The van der Waals surface area contributed by atoms with E-state index in [4.69, 9.17) is 19.8 Å². The van der Waals surface area contributed by atoms with E-state index in [-0.39, 0.29) is 19.3 Å². The van der Waals surface area contributed by atoms with Crippen molar-refractivity contribution in [1.82, 2.24) is 5.32 Å². The summed E-state index contributed by atoms with van der Waals surface area (Å²) in [7, 11) is -5.00. The predicted octanol–water partition coefficient (Wildman–Crippen LogP) is 10.2. The Morgan fingerprint density at radius 3 is 1.64 bits per heavy atom. The van der Waals surface area contributed by atoms with Crippen LogP contribution in [0.5, 0.6) is 0 Å². The van der Waals surface area contributed by atoms with Gasteiger partial charge >= 0.3 is 22.3 Å². The molecule has 6 atom stereocenters. The van der Waals surface area contributed by atoms with E-state index in [2.05, 4.69) is 53.2 Å². The molecule has 0 aromatic heterocycles. The Bertz CT molecular complexity index is 1700. The SMILES string of the molecule is [2H]OS(=O)(=O)O[C@H]1[C@H](OC(=O)CCCCCCCCCc2ccccc2)[C@@H](NC(=O)C[C@@H](CCCCCCCCCCC)OC(=O)CCCCCCCCCc2ccccc2)C(O)O[C@@H]1CO. The van der Waals surface area contributed by atoms with Crippen molar-refractivity contribution in [1.29, 1.82) is 1.43 Å². The molecule has 66 heavy (non-hydrogen) atoms. The summed E-state index contributed by atoms with van der Waals surface area (Å²) in [5.41, 5.74) is 2.68. The van der Waals surface area contributed by atoms with Gasteiger partial charge in [-0.05, 0) is 62.5 Å². The van der Waals surface area contributed by atoms with Gasteiger partial charge in [0.15, 0.2) is 12.4 Å². The van der Waals surface area contributed by atoms with E-state index >= 15 is 0 Å². The van der Waals surface area contributed by atoms with Gasteiger partial charge in [0.2, 0.25) is 7.34 Å². The third-order valence-corrected chi connectivity index (χ3v) is 12.8. The summed E-state index contributed by atoms with van der Waals surface area (Å²) in [4.78, 5) is 40.2. The number of carbonyl (C=O) groups is 3. The minimum atomic E-state index is -5.00. The highest BCUT2D eigenvalue weighted by atomic mass is 32.3. The van der Waals surface area contributed by atoms with E-state index in [1.54, 1.807) is 0 Å². The first-order valence-corrected chi connectivity index (χ1v) is 26.7. The fourth-order valence-electron chi connectivity index (χ4n) is 8.66. The Labute approximate surface area is 397 Å². The summed E-state index contributed by atoms with van der Waals surface area (Å²) in [6, 6.07) is 19.3. The zero-order chi connectivity index (χ0) is 48.4. The van der Waals surface area contributed by atoms with E-state index in [9.17, 15) is 33.0 Å². The molecule has 0 radical (unpaired) electrons. The number of nitrogens with one attached hydrogen (secondary N) is 1. The van der Waals surface area contributed by atoms with Gasteiger partial charge in [0.1, 0.15) is 24.4 Å². The van der Waals surface area contributed by atoms with Gasteiger partial charge in [-0.3, -0.25) is 18.9 Å². The van der Waals surface area contributed by atoms with Crippen LogP contribution in [0.3, 0.4) is 0 Å². The van der Waals surface area contributed by atoms with Gasteiger partial charge < -0.3 is 29.7 Å². The summed E-state index contributed by atoms with van der Waals surface area (Å²) in [6.45, 7) is 1.33. The van der Waals surface area contributed by atoms with Crippen LogP contribution < -0.4 is 5.32 Å². The topological polar surface area (TPSA) is 195 Å². The lowest BCUT2D eigenvalue weighted by molar-refractivity contribution is -0.254. The van der Waals surface area contributed by atoms with Crippen LogP contribution in [-0.4, -0.2) is 84.4 Å². The molecule has 1 aliphatic rings. The number of rotatable bonds is 39. The Morgan fingerprint density at radius 1 is 0.667 bits per heavy atom. The van der Waals surface area contributed by atoms with Crippen LogP contribution in [0.4, 0.5) is 0 Å². The second-order valence-corrected chi connectivity index (χ2v) is 19.1. The molecule has 1 fully saturated rings. The Balaban J connectivity index is 1.55. The number of aryl methyl sites for hydroxylation is 2. The zero-order valence-electron chi connectivity index (χ0n) is 40.8. The molecule has 1 unspecified atom stereocenters. The van der Waals surface area contributed by atoms with Gasteiger partial charge in [0.25, 0.3) is 0 Å². The number of ether oxygens (including phenoxy) is 3. The number of aliphatic hydroxyl groups excluding tert-OH is 2. The molecule has 1 amide bonds. The molecule has 1 saturated heterocycles. The smallest absolute Gasteiger partial charge is 0.397 e. The van der Waals surface area contributed by atoms with E-state index in [1.807, 2.05) is 24.3 Å². The first-order chi connectivity index (χ1) is 32.5. The first kappa shape index (κ1) is 55.2. The summed E-state index contributed by atoms with van der Waals surface area (Å²) in [5, 5.41) is 23.8. The molecule has 3 rings (SSSR count). The van der Waals surface area contributed by atoms with Gasteiger partial charge in [-0.15, -0.1) is 0 Å². The van der Waals surface area contributed by atoms with Crippen LogP contribution in [0, 0.1) is 0 Å². The molecule has 2 aromatic carbocycles. The predicted molar refractivity (Wildman–Crippen MR) is 257 cm³/mol. The van der Waals surface area contributed by atoms with Crippen LogP contribution in [0.15, 0.2) is 60.7 Å². The lowest BCUT2D eigenvalue weighted by atomic mass is 9.96. The van der Waals surface area contributed by atoms with Gasteiger partial charge in [-0.1, -0.05) is 183 Å². The fourth-order valence-corrected chi connectivity index (χ4v) is 9.16. The Morgan fingerprint density at radius 2 is 1.14 bits per heavy atom. The largest absolute Gasteiger partial charge is 0.462 e. The maximum atomic E-state index is 13.8. The Hall–Kier alpha value is -3.40. The number of aliphatic hydroxyl groups is 2. The van der Waals surface area contributed by atoms with E-state index in [0.29, 0.717) is 19.3 Å². The molecule has 1 heterocycles. The second kappa shape index (κ2) is 34.8. The highest BCUT2D eigenvalue weighted by Crippen LogP contribution is 2.28. The van der Waals surface area contributed by atoms with Crippen LogP contribution in [0.25, 0.3) is 1.43 Å². The average molecular weight is 947 g/mol. The monoisotopic (exact) mass is 947 g/mol. The molecule has 2 aromatic rings. The van der Waals surface area contributed by atoms with Gasteiger partial charge in [-0.25, -0.2) is 4.18 Å². The number of esters is 2. The van der Waals surface area contributed by atoms with Gasteiger partial charge in [-0.2, -0.15) is 8.42 Å². The standard InChI is InChI=1S/C52H83NO12S/c1-2-3-4-5-6-7-12-17-28-37-44(62-47(56)38-29-18-13-8-10-15-22-31-42-33-24-20-25-34-42)40-46(55)53-49-51(50(65-66(59,60)61)45(41-54)63-52(49)58)64-48(57)39-30-19-14-9-11-16-23-32-43-35-26-21-27-36-43/h20-21,24-27,33-36,44-45,49-52,54,58H,2-19,22-23,28-32,37-41H2,1H3,(H,53,55)(H,59,60,61)/t44-,45-,49-,50-,51-,52?/m1/s1/i/hD. The van der Waals surface area contributed by atoms with Crippen LogP contribution in [0.1, 0.15) is 191 Å². The highest BCUT2D eigenvalue weighted by molar-refractivity contribution is 7.80. The van der Waals surface area contributed by atoms with Crippen molar-refractivity contribution >= 4 is 28.2 Å². The molecule has 13 nitrogen and oxygen atoms in total. The van der Waals surface area contributed by atoms with E-state index in [1.165, 1.54) is 43.2 Å². The van der Waals surface area contributed by atoms with Crippen molar-refractivity contribution in [3.63, 3.8) is 0 Å². The molecule has 4 N–H and O–H groups in total. The van der Waals surface area contributed by atoms with Crippen molar-refractivity contribution in [2.75, 3.05) is 6.61 Å². The molecular formula is C52H83NO12S. The van der Waals surface area contributed by atoms with Crippen molar-refractivity contribution in [3.8, 4) is 0 Å².